The van der Waals surface area contributed by atoms with Gasteiger partial charge in [-0.2, -0.15) is 14.6 Å². The summed E-state index contributed by atoms with van der Waals surface area (Å²) in [6.07, 6.45) is 1.49. The SMILES string of the molecule is O=c1nc2sc(=Cc3ccc(-c4ccccc4[N+](=O)[O-])o3)c(=O)n2nc1-c1ccccc1. The molecule has 0 spiro atoms. The standard InChI is InChI=1S/C22H12N4O5S/c27-20-19(13-6-2-1-3-7-13)24-25-21(28)18(32-22(25)23-20)12-14-10-11-17(31-14)15-8-4-5-9-16(15)26(29)30/h1-12H. The first-order valence-electron chi connectivity index (χ1n) is 9.36. The van der Waals surface area contributed by atoms with Crippen molar-refractivity contribution in [1.29, 1.82) is 0 Å². The quantitative estimate of drug-likeness (QED) is 0.309. The van der Waals surface area contributed by atoms with E-state index in [9.17, 15) is 19.7 Å². The number of benzene rings is 2. The number of hydrogen-bond acceptors (Lipinski definition) is 8. The van der Waals surface area contributed by atoms with Gasteiger partial charge in [0.15, 0.2) is 5.69 Å². The molecule has 0 aliphatic heterocycles. The van der Waals surface area contributed by atoms with Gasteiger partial charge in [-0.15, -0.1) is 0 Å². The van der Waals surface area contributed by atoms with Crippen LogP contribution in [0.25, 0.3) is 33.6 Å². The van der Waals surface area contributed by atoms with Gasteiger partial charge in [-0.25, -0.2) is 0 Å². The number of para-hydroxylation sites is 1. The summed E-state index contributed by atoms with van der Waals surface area (Å²) >= 11 is 1.00. The maximum atomic E-state index is 12.9. The van der Waals surface area contributed by atoms with Crippen LogP contribution in [0.15, 0.2) is 80.7 Å². The van der Waals surface area contributed by atoms with E-state index in [2.05, 4.69) is 10.1 Å². The highest BCUT2D eigenvalue weighted by molar-refractivity contribution is 7.15. The first kappa shape index (κ1) is 19.5. The van der Waals surface area contributed by atoms with Gasteiger partial charge in [-0.3, -0.25) is 19.7 Å². The van der Waals surface area contributed by atoms with Crippen LogP contribution < -0.4 is 15.7 Å². The average molecular weight is 444 g/mol. The molecule has 0 atom stereocenters. The van der Waals surface area contributed by atoms with E-state index in [1.165, 1.54) is 12.1 Å². The van der Waals surface area contributed by atoms with Crippen molar-refractivity contribution in [1.82, 2.24) is 14.6 Å². The van der Waals surface area contributed by atoms with Crippen LogP contribution in [0.3, 0.4) is 0 Å². The summed E-state index contributed by atoms with van der Waals surface area (Å²) < 4.78 is 7.08. The van der Waals surface area contributed by atoms with Gasteiger partial charge in [-0.1, -0.05) is 53.8 Å². The normalized spacial score (nSPS) is 11.8. The van der Waals surface area contributed by atoms with Gasteiger partial charge in [0.05, 0.1) is 10.5 Å². The molecule has 2 aromatic carbocycles. The average Bonchev–Trinajstić information content (AvgIpc) is 3.38. The summed E-state index contributed by atoms with van der Waals surface area (Å²) in [5.74, 6) is 0.627. The highest BCUT2D eigenvalue weighted by Crippen LogP contribution is 2.30. The number of fused-ring (bicyclic) bond motifs is 1. The van der Waals surface area contributed by atoms with Crippen LogP contribution >= 0.6 is 11.3 Å². The Morgan fingerprint density at radius 2 is 1.75 bits per heavy atom. The summed E-state index contributed by atoms with van der Waals surface area (Å²) in [5.41, 5.74) is -0.0759. The van der Waals surface area contributed by atoms with E-state index in [0.29, 0.717) is 22.6 Å². The summed E-state index contributed by atoms with van der Waals surface area (Å²) in [5, 5.41) is 15.5. The van der Waals surface area contributed by atoms with E-state index in [1.807, 2.05) is 6.07 Å². The number of nitrogens with zero attached hydrogens (tertiary/aromatic N) is 4. The fourth-order valence-electron chi connectivity index (χ4n) is 3.23. The van der Waals surface area contributed by atoms with Crippen molar-refractivity contribution in [3.63, 3.8) is 0 Å². The smallest absolute Gasteiger partial charge is 0.300 e. The second kappa shape index (κ2) is 7.67. The van der Waals surface area contributed by atoms with E-state index in [0.717, 1.165) is 15.9 Å². The van der Waals surface area contributed by atoms with E-state index in [1.54, 1.807) is 54.6 Å². The lowest BCUT2D eigenvalue weighted by Gasteiger charge is -1.98. The molecule has 0 bridgehead atoms. The highest BCUT2D eigenvalue weighted by Gasteiger charge is 2.17. The number of nitro groups is 1. The topological polar surface area (TPSA) is 121 Å². The van der Waals surface area contributed by atoms with Crippen molar-refractivity contribution >= 4 is 28.1 Å². The van der Waals surface area contributed by atoms with Gasteiger partial charge in [0.1, 0.15) is 16.1 Å². The number of aromatic nitrogens is 3. The van der Waals surface area contributed by atoms with Gasteiger partial charge in [0.25, 0.3) is 11.2 Å². The Hall–Kier alpha value is -4.44. The van der Waals surface area contributed by atoms with Crippen LogP contribution in [0, 0.1) is 10.1 Å². The fraction of sp³-hybridized carbons (Fsp3) is 0. The molecule has 0 unspecified atom stereocenters. The van der Waals surface area contributed by atoms with E-state index in [-0.39, 0.29) is 20.9 Å². The summed E-state index contributed by atoms with van der Waals surface area (Å²) in [6, 6.07) is 18.2. The maximum absolute atomic E-state index is 12.9. The molecule has 0 saturated carbocycles. The number of nitro benzene ring substituents is 1. The molecular weight excluding hydrogens is 432 g/mol. The Kier molecular flexibility index (Phi) is 4.68. The molecule has 0 amide bonds. The van der Waals surface area contributed by atoms with Crippen molar-refractivity contribution in [2.75, 3.05) is 0 Å². The molecule has 3 aromatic heterocycles. The van der Waals surface area contributed by atoms with Crippen molar-refractivity contribution in [3.8, 4) is 22.6 Å². The predicted octanol–water partition coefficient (Wildman–Crippen LogP) is 2.89. The van der Waals surface area contributed by atoms with E-state index < -0.39 is 16.0 Å². The molecule has 10 heteroatoms. The van der Waals surface area contributed by atoms with Crippen LogP contribution in [0.4, 0.5) is 5.69 Å². The van der Waals surface area contributed by atoms with E-state index in [4.69, 9.17) is 4.42 Å². The van der Waals surface area contributed by atoms with Gasteiger partial charge >= 0.3 is 5.56 Å². The van der Waals surface area contributed by atoms with Gasteiger partial charge in [0.2, 0.25) is 4.96 Å². The second-order valence-corrected chi connectivity index (χ2v) is 7.73. The predicted molar refractivity (Wildman–Crippen MR) is 118 cm³/mol. The molecule has 0 fully saturated rings. The summed E-state index contributed by atoms with van der Waals surface area (Å²) in [7, 11) is 0. The first-order valence-corrected chi connectivity index (χ1v) is 10.2. The Morgan fingerprint density at radius 3 is 2.53 bits per heavy atom. The Balaban J connectivity index is 1.60. The van der Waals surface area contributed by atoms with Crippen molar-refractivity contribution in [2.45, 2.75) is 0 Å². The van der Waals surface area contributed by atoms with E-state index >= 15 is 0 Å². The molecule has 32 heavy (non-hydrogen) atoms. The largest absolute Gasteiger partial charge is 0.456 e. The third-order valence-electron chi connectivity index (χ3n) is 4.70. The van der Waals surface area contributed by atoms with Crippen LogP contribution in [-0.2, 0) is 0 Å². The number of rotatable bonds is 4. The second-order valence-electron chi connectivity index (χ2n) is 6.72. The van der Waals surface area contributed by atoms with Crippen molar-refractivity contribution < 1.29 is 9.34 Å². The molecule has 0 N–H and O–H groups in total. The fourth-order valence-corrected chi connectivity index (χ4v) is 4.12. The first-order chi connectivity index (χ1) is 15.5. The van der Waals surface area contributed by atoms with Crippen LogP contribution in [-0.4, -0.2) is 19.5 Å². The minimum absolute atomic E-state index is 0.0832. The van der Waals surface area contributed by atoms with Gasteiger partial charge in [0, 0.05) is 17.7 Å². The lowest BCUT2D eigenvalue weighted by molar-refractivity contribution is -0.384. The molecule has 156 valence electrons. The molecule has 9 nitrogen and oxygen atoms in total. The minimum atomic E-state index is -0.527. The van der Waals surface area contributed by atoms with Gasteiger partial charge < -0.3 is 4.42 Å². The summed E-state index contributed by atoms with van der Waals surface area (Å²) in [4.78, 5) is 40.2. The molecule has 5 aromatic rings. The summed E-state index contributed by atoms with van der Waals surface area (Å²) in [6.45, 7) is 0. The zero-order chi connectivity index (χ0) is 22.2. The number of hydrogen-bond donors (Lipinski definition) is 0. The molecule has 0 radical (unpaired) electrons. The zero-order valence-corrected chi connectivity index (χ0v) is 17.0. The lowest BCUT2D eigenvalue weighted by atomic mass is 10.1. The molecule has 0 aliphatic carbocycles. The monoisotopic (exact) mass is 444 g/mol. The Bertz CT molecular complexity index is 1650. The third-order valence-corrected chi connectivity index (χ3v) is 5.66. The molecular formula is C22H12N4O5S. The molecule has 3 heterocycles. The zero-order valence-electron chi connectivity index (χ0n) is 16.2. The van der Waals surface area contributed by atoms with Gasteiger partial charge in [-0.05, 0) is 18.2 Å². The van der Waals surface area contributed by atoms with Crippen LogP contribution in [0.2, 0.25) is 0 Å². The lowest BCUT2D eigenvalue weighted by Crippen LogP contribution is -2.26. The van der Waals surface area contributed by atoms with Crippen molar-refractivity contribution in [3.05, 3.63) is 108 Å². The highest BCUT2D eigenvalue weighted by atomic mass is 32.1. The Labute approximate surface area is 182 Å². The number of furan rings is 1. The molecule has 0 aliphatic rings. The minimum Gasteiger partial charge on any atom is -0.456 e. The number of thiazole rings is 1. The van der Waals surface area contributed by atoms with Crippen LogP contribution in [0.1, 0.15) is 5.76 Å². The maximum Gasteiger partial charge on any atom is 0.300 e. The van der Waals surface area contributed by atoms with Crippen molar-refractivity contribution in [2.24, 2.45) is 0 Å². The van der Waals surface area contributed by atoms with Crippen LogP contribution in [0.5, 0.6) is 0 Å². The Morgan fingerprint density at radius 1 is 1.00 bits per heavy atom. The third kappa shape index (κ3) is 3.38. The molecule has 0 saturated heterocycles. The molecule has 5 rings (SSSR count).